The van der Waals surface area contributed by atoms with Crippen molar-refractivity contribution in [2.75, 3.05) is 32.6 Å². The summed E-state index contributed by atoms with van der Waals surface area (Å²) in [6.45, 7) is 3.78. The molecule has 1 amide bonds. The van der Waals surface area contributed by atoms with Crippen molar-refractivity contribution in [1.82, 2.24) is 10.2 Å². The predicted octanol–water partition coefficient (Wildman–Crippen LogP) is 2.10. The molecular formula is C17H27N3O. The Morgan fingerprint density at radius 2 is 1.90 bits per heavy atom. The van der Waals surface area contributed by atoms with Crippen LogP contribution in [0.15, 0.2) is 24.3 Å². The summed E-state index contributed by atoms with van der Waals surface area (Å²) in [6.07, 6.45) is 2.30. The third-order valence-electron chi connectivity index (χ3n) is 4.28. The molecule has 0 aromatic heterocycles. The van der Waals surface area contributed by atoms with Crippen molar-refractivity contribution in [2.24, 2.45) is 5.92 Å². The number of amides is 1. The number of carbonyl (C=O) groups is 1. The van der Waals surface area contributed by atoms with E-state index in [1.54, 1.807) is 0 Å². The molecule has 1 aromatic rings. The van der Waals surface area contributed by atoms with Gasteiger partial charge in [-0.05, 0) is 43.0 Å². The summed E-state index contributed by atoms with van der Waals surface area (Å²) in [5.74, 6) is 0.628. The second-order valence-corrected chi connectivity index (χ2v) is 6.31. The Balaban J connectivity index is 1.96. The first-order valence-corrected chi connectivity index (χ1v) is 7.73. The van der Waals surface area contributed by atoms with E-state index in [0.29, 0.717) is 12.5 Å². The largest absolute Gasteiger partial charge is 0.378 e. The van der Waals surface area contributed by atoms with Crippen molar-refractivity contribution >= 4 is 11.6 Å². The van der Waals surface area contributed by atoms with E-state index < -0.39 is 0 Å². The summed E-state index contributed by atoms with van der Waals surface area (Å²) >= 11 is 0. The number of nitrogens with one attached hydrogen (secondary N) is 1. The molecule has 21 heavy (non-hydrogen) atoms. The molecule has 1 aromatic carbocycles. The van der Waals surface area contributed by atoms with E-state index in [1.165, 1.54) is 17.7 Å². The van der Waals surface area contributed by atoms with Crippen LogP contribution in [0.2, 0.25) is 0 Å². The van der Waals surface area contributed by atoms with Crippen molar-refractivity contribution in [1.29, 1.82) is 0 Å². The third kappa shape index (κ3) is 3.97. The van der Waals surface area contributed by atoms with Gasteiger partial charge in [0.25, 0.3) is 0 Å². The van der Waals surface area contributed by atoms with Gasteiger partial charge in [0.2, 0.25) is 5.91 Å². The Kier molecular flexibility index (Phi) is 5.23. The van der Waals surface area contributed by atoms with Crippen LogP contribution in [0.3, 0.4) is 0 Å². The zero-order chi connectivity index (χ0) is 15.4. The Morgan fingerprint density at radius 1 is 1.24 bits per heavy atom. The number of hydrogen-bond donors (Lipinski definition) is 1. The van der Waals surface area contributed by atoms with Gasteiger partial charge < -0.3 is 15.1 Å². The minimum atomic E-state index is -0.0233. The lowest BCUT2D eigenvalue weighted by atomic mass is 9.92. The predicted molar refractivity (Wildman–Crippen MR) is 87.4 cm³/mol. The summed E-state index contributed by atoms with van der Waals surface area (Å²) in [5.41, 5.74) is 2.34. The monoisotopic (exact) mass is 289 g/mol. The Labute approximate surface area is 128 Å². The van der Waals surface area contributed by atoms with Gasteiger partial charge in [-0.3, -0.25) is 4.79 Å². The van der Waals surface area contributed by atoms with Crippen molar-refractivity contribution in [3.8, 4) is 0 Å². The Bertz CT molecular complexity index is 469. The SMILES string of the molecule is CC1CCCNC1C(=O)N(C)Cc1ccc(N(C)C)cc1. The molecule has 0 spiro atoms. The molecule has 2 atom stereocenters. The summed E-state index contributed by atoms with van der Waals surface area (Å²) < 4.78 is 0. The van der Waals surface area contributed by atoms with E-state index in [2.05, 4.69) is 41.4 Å². The normalized spacial score (nSPS) is 21.9. The first-order chi connectivity index (χ1) is 9.99. The molecule has 0 saturated carbocycles. The number of carbonyl (C=O) groups excluding carboxylic acids is 1. The molecule has 2 rings (SSSR count). The van der Waals surface area contributed by atoms with Crippen LogP contribution in [0, 0.1) is 5.92 Å². The van der Waals surface area contributed by atoms with E-state index in [4.69, 9.17) is 0 Å². The molecule has 116 valence electrons. The fraction of sp³-hybridized carbons (Fsp3) is 0.588. The van der Waals surface area contributed by atoms with Gasteiger partial charge in [0.15, 0.2) is 0 Å². The second kappa shape index (κ2) is 6.94. The topological polar surface area (TPSA) is 35.6 Å². The van der Waals surface area contributed by atoms with Crippen molar-refractivity contribution in [3.63, 3.8) is 0 Å². The van der Waals surface area contributed by atoms with E-state index in [9.17, 15) is 4.79 Å². The van der Waals surface area contributed by atoms with E-state index in [-0.39, 0.29) is 11.9 Å². The van der Waals surface area contributed by atoms with Gasteiger partial charge in [0, 0.05) is 33.4 Å². The molecule has 1 aliphatic heterocycles. The molecule has 1 fully saturated rings. The fourth-order valence-corrected chi connectivity index (χ4v) is 2.87. The number of hydrogen-bond acceptors (Lipinski definition) is 3. The van der Waals surface area contributed by atoms with E-state index in [0.717, 1.165) is 13.0 Å². The average Bonchev–Trinajstić information content (AvgIpc) is 2.47. The molecule has 1 aliphatic rings. The van der Waals surface area contributed by atoms with Crippen LogP contribution in [0.4, 0.5) is 5.69 Å². The van der Waals surface area contributed by atoms with Gasteiger partial charge in [-0.2, -0.15) is 0 Å². The van der Waals surface area contributed by atoms with E-state index in [1.807, 2.05) is 26.0 Å². The van der Waals surface area contributed by atoms with Crippen molar-refractivity contribution in [3.05, 3.63) is 29.8 Å². The zero-order valence-corrected chi connectivity index (χ0v) is 13.6. The van der Waals surface area contributed by atoms with Gasteiger partial charge in [-0.1, -0.05) is 19.1 Å². The number of rotatable bonds is 4. The van der Waals surface area contributed by atoms with Gasteiger partial charge >= 0.3 is 0 Å². The first-order valence-electron chi connectivity index (χ1n) is 7.73. The van der Waals surface area contributed by atoms with Crippen LogP contribution in [-0.2, 0) is 11.3 Å². The Hall–Kier alpha value is -1.55. The molecule has 4 nitrogen and oxygen atoms in total. The highest BCUT2D eigenvalue weighted by atomic mass is 16.2. The van der Waals surface area contributed by atoms with Crippen molar-refractivity contribution in [2.45, 2.75) is 32.4 Å². The summed E-state index contributed by atoms with van der Waals surface area (Å²) in [4.78, 5) is 16.5. The maximum atomic E-state index is 12.5. The van der Waals surface area contributed by atoms with Crippen LogP contribution in [0.5, 0.6) is 0 Å². The minimum absolute atomic E-state index is 0.0233. The number of anilines is 1. The summed E-state index contributed by atoms with van der Waals surface area (Å²) in [7, 11) is 5.95. The van der Waals surface area contributed by atoms with Gasteiger partial charge in [-0.25, -0.2) is 0 Å². The quantitative estimate of drug-likeness (QED) is 0.922. The molecule has 2 unspecified atom stereocenters. The smallest absolute Gasteiger partial charge is 0.240 e. The number of piperidine rings is 1. The average molecular weight is 289 g/mol. The fourth-order valence-electron chi connectivity index (χ4n) is 2.87. The molecule has 0 radical (unpaired) electrons. The molecule has 0 bridgehead atoms. The standard InChI is InChI=1S/C17H27N3O/c1-13-6-5-11-18-16(13)17(21)20(4)12-14-7-9-15(10-8-14)19(2)3/h7-10,13,16,18H,5-6,11-12H2,1-4H3. The van der Waals surface area contributed by atoms with Crippen LogP contribution < -0.4 is 10.2 Å². The van der Waals surface area contributed by atoms with Gasteiger partial charge in [0.1, 0.15) is 0 Å². The highest BCUT2D eigenvalue weighted by Crippen LogP contribution is 2.18. The first kappa shape index (κ1) is 15.8. The summed E-state index contributed by atoms with van der Waals surface area (Å²) in [6, 6.07) is 8.35. The zero-order valence-electron chi connectivity index (χ0n) is 13.6. The van der Waals surface area contributed by atoms with Gasteiger partial charge in [0.05, 0.1) is 6.04 Å². The second-order valence-electron chi connectivity index (χ2n) is 6.31. The number of benzene rings is 1. The van der Waals surface area contributed by atoms with Crippen LogP contribution in [0.1, 0.15) is 25.3 Å². The van der Waals surface area contributed by atoms with Gasteiger partial charge in [-0.15, -0.1) is 0 Å². The molecule has 1 N–H and O–H groups in total. The number of likely N-dealkylation sites (N-methyl/N-ethyl adjacent to an activating group) is 1. The lowest BCUT2D eigenvalue weighted by Gasteiger charge is -2.32. The molecule has 1 heterocycles. The molecular weight excluding hydrogens is 262 g/mol. The maximum Gasteiger partial charge on any atom is 0.240 e. The highest BCUT2D eigenvalue weighted by Gasteiger charge is 2.29. The molecule has 4 heteroatoms. The lowest BCUT2D eigenvalue weighted by molar-refractivity contribution is -0.134. The Morgan fingerprint density at radius 3 is 2.48 bits per heavy atom. The minimum Gasteiger partial charge on any atom is -0.378 e. The molecule has 0 aliphatic carbocycles. The molecule has 1 saturated heterocycles. The number of nitrogens with zero attached hydrogens (tertiary/aromatic N) is 2. The summed E-state index contributed by atoms with van der Waals surface area (Å²) in [5, 5.41) is 3.36. The van der Waals surface area contributed by atoms with Crippen LogP contribution in [0.25, 0.3) is 0 Å². The lowest BCUT2D eigenvalue weighted by Crippen LogP contribution is -2.51. The maximum absolute atomic E-state index is 12.5. The van der Waals surface area contributed by atoms with Crippen molar-refractivity contribution < 1.29 is 4.79 Å². The van der Waals surface area contributed by atoms with Crippen LogP contribution in [-0.4, -0.2) is 44.5 Å². The van der Waals surface area contributed by atoms with Crippen LogP contribution >= 0.6 is 0 Å². The third-order valence-corrected chi connectivity index (χ3v) is 4.28. The highest BCUT2D eigenvalue weighted by molar-refractivity contribution is 5.82. The van der Waals surface area contributed by atoms with E-state index >= 15 is 0 Å².